The molecule has 0 radical (unpaired) electrons. The molecule has 33 heavy (non-hydrogen) atoms. The molecule has 0 saturated carbocycles. The summed E-state index contributed by atoms with van der Waals surface area (Å²) in [7, 11) is 1.61. The lowest BCUT2D eigenvalue weighted by Crippen LogP contribution is -2.28. The molecular weight excluding hydrogens is 456 g/mol. The molecular formula is C25H26N2O4S2. The van der Waals surface area contributed by atoms with Crippen molar-refractivity contribution in [3.05, 3.63) is 78.0 Å². The average Bonchev–Trinajstić information content (AvgIpc) is 2.88. The Balaban J connectivity index is 1.20. The minimum absolute atomic E-state index is 0.0310. The van der Waals surface area contributed by atoms with E-state index in [1.807, 2.05) is 59.9 Å². The lowest BCUT2D eigenvalue weighted by Gasteiger charge is -2.21. The van der Waals surface area contributed by atoms with Gasteiger partial charge in [-0.1, -0.05) is 24.3 Å². The van der Waals surface area contributed by atoms with Gasteiger partial charge in [-0.3, -0.25) is 4.79 Å². The second kappa shape index (κ2) is 11.9. The van der Waals surface area contributed by atoms with Crippen LogP contribution in [0.15, 0.2) is 66.9 Å². The number of hydrogen-bond acceptors (Lipinski definition) is 7. The highest BCUT2D eigenvalue weighted by molar-refractivity contribution is 8.16. The molecule has 0 spiro atoms. The Hall–Kier alpha value is -2.84. The van der Waals surface area contributed by atoms with Crippen molar-refractivity contribution in [3.8, 4) is 23.1 Å². The van der Waals surface area contributed by atoms with Crippen LogP contribution in [0.4, 0.5) is 0 Å². The van der Waals surface area contributed by atoms with Gasteiger partial charge in [0.1, 0.15) is 17.2 Å². The number of carbonyl (C=O) groups excluding carboxylic acids is 1. The molecule has 1 fully saturated rings. The number of benzene rings is 2. The number of rotatable bonds is 9. The summed E-state index contributed by atoms with van der Waals surface area (Å²) < 4.78 is 17.1. The summed E-state index contributed by atoms with van der Waals surface area (Å²) in [5.41, 5.74) is 2.17. The molecule has 2 heterocycles. The van der Waals surface area contributed by atoms with Gasteiger partial charge in [0.25, 0.3) is 5.91 Å². The fraction of sp³-hybridized carbons (Fsp3) is 0.280. The molecule has 1 saturated heterocycles. The third-order valence-electron chi connectivity index (χ3n) is 4.90. The van der Waals surface area contributed by atoms with Crippen LogP contribution in [0.25, 0.3) is 0 Å². The average molecular weight is 483 g/mol. The Morgan fingerprint density at radius 3 is 2.55 bits per heavy atom. The summed E-state index contributed by atoms with van der Waals surface area (Å²) in [5.74, 6) is 4.76. The highest BCUT2D eigenvalue weighted by atomic mass is 32.2. The number of nitrogens with zero attached hydrogens (tertiary/aromatic N) is 1. The maximum atomic E-state index is 12.2. The number of aromatic nitrogens is 1. The summed E-state index contributed by atoms with van der Waals surface area (Å²) >= 11 is 3.97. The van der Waals surface area contributed by atoms with Crippen molar-refractivity contribution in [1.29, 1.82) is 0 Å². The Morgan fingerprint density at radius 1 is 1.03 bits per heavy atom. The summed E-state index contributed by atoms with van der Waals surface area (Å²) in [6.07, 6.45) is 2.95. The Bertz CT molecular complexity index is 1040. The van der Waals surface area contributed by atoms with E-state index in [0.717, 1.165) is 5.56 Å². The third-order valence-corrected chi connectivity index (χ3v) is 7.92. The molecule has 0 unspecified atom stereocenters. The van der Waals surface area contributed by atoms with Crippen molar-refractivity contribution in [2.75, 3.05) is 25.2 Å². The first-order valence-corrected chi connectivity index (χ1v) is 12.8. The molecule has 1 amide bonds. The zero-order chi connectivity index (χ0) is 22.9. The Morgan fingerprint density at radius 2 is 1.82 bits per heavy atom. The predicted molar refractivity (Wildman–Crippen MR) is 133 cm³/mol. The monoisotopic (exact) mass is 482 g/mol. The van der Waals surface area contributed by atoms with Gasteiger partial charge >= 0.3 is 0 Å². The van der Waals surface area contributed by atoms with Crippen LogP contribution in [0.1, 0.15) is 22.1 Å². The summed E-state index contributed by atoms with van der Waals surface area (Å²) in [6.45, 7) is 0.334. The molecule has 4 rings (SSSR count). The van der Waals surface area contributed by atoms with Crippen molar-refractivity contribution in [3.63, 3.8) is 0 Å². The fourth-order valence-corrected chi connectivity index (χ4v) is 6.06. The summed E-state index contributed by atoms with van der Waals surface area (Å²) in [6, 6.07) is 19.0. The van der Waals surface area contributed by atoms with Crippen molar-refractivity contribution < 1.29 is 19.0 Å². The molecule has 2 aromatic carbocycles. The number of carbonyl (C=O) groups is 1. The minimum Gasteiger partial charge on any atom is -0.497 e. The number of thioether (sulfide) groups is 2. The highest BCUT2D eigenvalue weighted by Crippen LogP contribution is 2.43. The van der Waals surface area contributed by atoms with E-state index in [4.69, 9.17) is 14.2 Å². The number of nitrogens with one attached hydrogen (secondary N) is 1. The van der Waals surface area contributed by atoms with Crippen LogP contribution in [0.2, 0.25) is 0 Å². The van der Waals surface area contributed by atoms with Crippen LogP contribution in [-0.4, -0.2) is 36.1 Å². The van der Waals surface area contributed by atoms with Crippen LogP contribution in [-0.2, 0) is 11.3 Å². The molecule has 1 N–H and O–H groups in total. The molecule has 1 aromatic heterocycles. The molecule has 1 aliphatic rings. The second-order valence-electron chi connectivity index (χ2n) is 7.35. The lowest BCUT2D eigenvalue weighted by atomic mass is 10.2. The molecule has 0 aliphatic carbocycles. The molecule has 6 nitrogen and oxygen atoms in total. The van der Waals surface area contributed by atoms with E-state index in [2.05, 4.69) is 22.4 Å². The molecule has 3 aromatic rings. The van der Waals surface area contributed by atoms with Gasteiger partial charge in [-0.05, 0) is 53.3 Å². The van der Waals surface area contributed by atoms with Crippen LogP contribution in [0.5, 0.6) is 23.1 Å². The maximum absolute atomic E-state index is 12.2. The van der Waals surface area contributed by atoms with E-state index >= 15 is 0 Å². The van der Waals surface area contributed by atoms with E-state index in [1.54, 1.807) is 25.4 Å². The minimum atomic E-state index is -0.186. The largest absolute Gasteiger partial charge is 0.497 e. The standard InChI is InChI=1S/C25H26N2O4S2/c1-29-21-4-2-5-22(14-21)31-24-11-6-18(16-27-24)15-26-23(28)17-30-20-9-7-19(8-10-20)25-32-12-3-13-33-25/h2,4-11,14,16,25H,3,12-13,15,17H2,1H3,(H,26,28). The highest BCUT2D eigenvalue weighted by Gasteiger charge is 2.16. The van der Waals surface area contributed by atoms with Gasteiger partial charge in [0.15, 0.2) is 6.61 Å². The first kappa shape index (κ1) is 23.3. The van der Waals surface area contributed by atoms with Gasteiger partial charge in [-0.25, -0.2) is 4.98 Å². The normalized spacial score (nSPS) is 13.8. The first-order valence-electron chi connectivity index (χ1n) is 10.7. The number of ether oxygens (including phenoxy) is 3. The molecule has 0 bridgehead atoms. The van der Waals surface area contributed by atoms with Crippen LogP contribution < -0.4 is 19.5 Å². The Kier molecular flexibility index (Phi) is 8.38. The number of pyridine rings is 1. The topological polar surface area (TPSA) is 69.7 Å². The van der Waals surface area contributed by atoms with Gasteiger partial charge < -0.3 is 19.5 Å². The fourth-order valence-electron chi connectivity index (χ4n) is 3.16. The number of methoxy groups -OCH3 is 1. The van der Waals surface area contributed by atoms with Gasteiger partial charge in [0, 0.05) is 24.9 Å². The van der Waals surface area contributed by atoms with Crippen LogP contribution in [0.3, 0.4) is 0 Å². The first-order chi connectivity index (χ1) is 16.2. The van der Waals surface area contributed by atoms with Gasteiger partial charge in [0.2, 0.25) is 5.88 Å². The van der Waals surface area contributed by atoms with Crippen molar-refractivity contribution in [1.82, 2.24) is 10.3 Å². The van der Waals surface area contributed by atoms with Crippen molar-refractivity contribution in [2.24, 2.45) is 0 Å². The van der Waals surface area contributed by atoms with Crippen LogP contribution in [0, 0.1) is 0 Å². The van der Waals surface area contributed by atoms with E-state index in [-0.39, 0.29) is 12.5 Å². The second-order valence-corrected chi connectivity index (χ2v) is 10.1. The quantitative estimate of drug-likeness (QED) is 0.435. The van der Waals surface area contributed by atoms with Crippen molar-refractivity contribution >= 4 is 29.4 Å². The SMILES string of the molecule is COc1cccc(Oc2ccc(CNC(=O)COc3ccc(C4SCCCS4)cc3)cn2)c1. The van der Waals surface area contributed by atoms with E-state index < -0.39 is 0 Å². The zero-order valence-electron chi connectivity index (χ0n) is 18.4. The van der Waals surface area contributed by atoms with Gasteiger partial charge in [-0.2, -0.15) is 0 Å². The van der Waals surface area contributed by atoms with Crippen LogP contribution >= 0.6 is 23.5 Å². The Labute approximate surface area is 202 Å². The van der Waals surface area contributed by atoms with Crippen molar-refractivity contribution in [2.45, 2.75) is 17.5 Å². The lowest BCUT2D eigenvalue weighted by molar-refractivity contribution is -0.123. The number of hydrogen-bond donors (Lipinski definition) is 1. The molecule has 0 atom stereocenters. The maximum Gasteiger partial charge on any atom is 0.258 e. The zero-order valence-corrected chi connectivity index (χ0v) is 20.0. The molecule has 1 aliphatic heterocycles. The third kappa shape index (κ3) is 7.07. The van der Waals surface area contributed by atoms with E-state index in [0.29, 0.717) is 34.3 Å². The molecule has 8 heteroatoms. The van der Waals surface area contributed by atoms with Gasteiger partial charge in [0.05, 0.1) is 11.7 Å². The summed E-state index contributed by atoms with van der Waals surface area (Å²) in [5, 5.41) is 2.85. The molecule has 172 valence electrons. The van der Waals surface area contributed by atoms with Gasteiger partial charge in [-0.15, -0.1) is 23.5 Å². The van der Waals surface area contributed by atoms with E-state index in [9.17, 15) is 4.79 Å². The van der Waals surface area contributed by atoms with E-state index in [1.165, 1.54) is 23.5 Å². The summed E-state index contributed by atoms with van der Waals surface area (Å²) in [4.78, 5) is 16.5. The number of amides is 1. The smallest absolute Gasteiger partial charge is 0.258 e. The predicted octanol–water partition coefficient (Wildman–Crippen LogP) is 5.45.